The number of carboxylic acid groups (broad SMARTS) is 1. The Morgan fingerprint density at radius 3 is 2.69 bits per heavy atom. The normalized spacial score (nSPS) is 25.0. The van der Waals surface area contributed by atoms with Gasteiger partial charge in [-0.05, 0) is 37.8 Å². The lowest BCUT2D eigenvalue weighted by atomic mass is 9.85. The third-order valence-electron chi connectivity index (χ3n) is 2.71. The monoisotopic (exact) mass is 185 g/mol. The summed E-state index contributed by atoms with van der Waals surface area (Å²) in [4.78, 5) is 11.0. The van der Waals surface area contributed by atoms with Gasteiger partial charge in [-0.1, -0.05) is 13.8 Å². The van der Waals surface area contributed by atoms with Crippen molar-refractivity contribution >= 4 is 5.97 Å². The van der Waals surface area contributed by atoms with Crippen LogP contribution in [-0.2, 0) is 4.79 Å². The molecule has 0 spiro atoms. The van der Waals surface area contributed by atoms with Crippen LogP contribution in [0, 0.1) is 17.8 Å². The van der Waals surface area contributed by atoms with Gasteiger partial charge in [0, 0.05) is 0 Å². The lowest BCUT2D eigenvalue weighted by molar-refractivity contribution is -0.144. The van der Waals surface area contributed by atoms with Gasteiger partial charge in [0.2, 0.25) is 0 Å². The Balaban J connectivity index is 2.50. The Morgan fingerprint density at radius 1 is 1.62 bits per heavy atom. The second-order valence-corrected chi connectivity index (χ2v) is 4.33. The van der Waals surface area contributed by atoms with Gasteiger partial charge in [0.15, 0.2) is 0 Å². The standard InChI is InChI=1S/C10H19NO2/c1-7(2)5-9(10(12)13)8-3-4-11-6-8/h7-9,11H,3-6H2,1-2H3,(H,12,13). The molecule has 0 bridgehead atoms. The molecular weight excluding hydrogens is 166 g/mol. The molecule has 0 aromatic heterocycles. The highest BCUT2D eigenvalue weighted by molar-refractivity contribution is 5.70. The number of carbonyl (C=O) groups is 1. The molecule has 1 fully saturated rings. The SMILES string of the molecule is CC(C)CC(C(=O)O)C1CCNC1. The van der Waals surface area contributed by atoms with Gasteiger partial charge in [-0.3, -0.25) is 4.79 Å². The molecular formula is C10H19NO2. The van der Waals surface area contributed by atoms with E-state index in [1.165, 1.54) is 0 Å². The molecule has 1 aliphatic rings. The Labute approximate surface area is 79.5 Å². The van der Waals surface area contributed by atoms with E-state index in [-0.39, 0.29) is 5.92 Å². The second kappa shape index (κ2) is 4.61. The van der Waals surface area contributed by atoms with Crippen molar-refractivity contribution < 1.29 is 9.90 Å². The minimum atomic E-state index is -0.623. The average molecular weight is 185 g/mol. The van der Waals surface area contributed by atoms with E-state index in [9.17, 15) is 4.79 Å². The van der Waals surface area contributed by atoms with E-state index in [4.69, 9.17) is 5.11 Å². The first kappa shape index (κ1) is 10.5. The number of nitrogens with one attached hydrogen (secondary N) is 1. The van der Waals surface area contributed by atoms with Crippen molar-refractivity contribution in [1.29, 1.82) is 0 Å². The Bertz CT molecular complexity index is 174. The van der Waals surface area contributed by atoms with Gasteiger partial charge in [-0.25, -0.2) is 0 Å². The fourth-order valence-corrected chi connectivity index (χ4v) is 2.02. The smallest absolute Gasteiger partial charge is 0.306 e. The quantitative estimate of drug-likeness (QED) is 0.695. The summed E-state index contributed by atoms with van der Waals surface area (Å²) in [6.45, 7) is 6.02. The predicted molar refractivity (Wildman–Crippen MR) is 51.6 cm³/mol. The fraction of sp³-hybridized carbons (Fsp3) is 0.900. The molecule has 2 N–H and O–H groups in total. The summed E-state index contributed by atoms with van der Waals surface area (Å²) in [5.41, 5.74) is 0. The van der Waals surface area contributed by atoms with Crippen LogP contribution in [-0.4, -0.2) is 24.2 Å². The first-order chi connectivity index (χ1) is 6.11. The van der Waals surface area contributed by atoms with Crippen LogP contribution in [0.2, 0.25) is 0 Å². The van der Waals surface area contributed by atoms with E-state index in [1.54, 1.807) is 0 Å². The van der Waals surface area contributed by atoms with Gasteiger partial charge >= 0.3 is 5.97 Å². The topological polar surface area (TPSA) is 49.3 Å². The van der Waals surface area contributed by atoms with Crippen molar-refractivity contribution in [1.82, 2.24) is 5.32 Å². The molecule has 0 aromatic rings. The van der Waals surface area contributed by atoms with Crippen molar-refractivity contribution in [2.75, 3.05) is 13.1 Å². The molecule has 0 aromatic carbocycles. The van der Waals surface area contributed by atoms with Crippen LogP contribution in [0.4, 0.5) is 0 Å². The zero-order valence-electron chi connectivity index (χ0n) is 8.42. The molecule has 0 saturated carbocycles. The van der Waals surface area contributed by atoms with Gasteiger partial charge in [0.25, 0.3) is 0 Å². The Kier molecular flexibility index (Phi) is 3.72. The summed E-state index contributed by atoms with van der Waals surface area (Å²) in [7, 11) is 0. The van der Waals surface area contributed by atoms with Crippen molar-refractivity contribution in [3.63, 3.8) is 0 Å². The molecule has 1 saturated heterocycles. The molecule has 3 nitrogen and oxygen atoms in total. The number of hydrogen-bond donors (Lipinski definition) is 2. The first-order valence-electron chi connectivity index (χ1n) is 5.04. The molecule has 13 heavy (non-hydrogen) atoms. The van der Waals surface area contributed by atoms with Crippen molar-refractivity contribution in [3.05, 3.63) is 0 Å². The van der Waals surface area contributed by atoms with E-state index in [2.05, 4.69) is 19.2 Å². The molecule has 2 unspecified atom stereocenters. The highest BCUT2D eigenvalue weighted by Gasteiger charge is 2.30. The van der Waals surface area contributed by atoms with Crippen molar-refractivity contribution in [2.45, 2.75) is 26.7 Å². The molecule has 0 aliphatic carbocycles. The summed E-state index contributed by atoms with van der Waals surface area (Å²) in [5.74, 6) is 0.0546. The van der Waals surface area contributed by atoms with Gasteiger partial charge in [-0.2, -0.15) is 0 Å². The molecule has 76 valence electrons. The molecule has 1 rings (SSSR count). The van der Waals surface area contributed by atoms with Crippen LogP contribution in [0.1, 0.15) is 26.7 Å². The zero-order chi connectivity index (χ0) is 9.84. The molecule has 0 radical (unpaired) electrons. The van der Waals surface area contributed by atoms with Crippen LogP contribution in [0.3, 0.4) is 0 Å². The maximum absolute atomic E-state index is 11.0. The molecule has 2 atom stereocenters. The summed E-state index contributed by atoms with van der Waals surface area (Å²) in [5, 5.41) is 12.3. The minimum Gasteiger partial charge on any atom is -0.481 e. The van der Waals surface area contributed by atoms with E-state index in [0.29, 0.717) is 11.8 Å². The number of rotatable bonds is 4. The maximum Gasteiger partial charge on any atom is 0.306 e. The summed E-state index contributed by atoms with van der Waals surface area (Å²) < 4.78 is 0. The summed E-state index contributed by atoms with van der Waals surface area (Å²) >= 11 is 0. The largest absolute Gasteiger partial charge is 0.481 e. The molecule has 3 heteroatoms. The van der Waals surface area contributed by atoms with Crippen molar-refractivity contribution in [2.24, 2.45) is 17.8 Å². The molecule has 0 amide bonds. The van der Waals surface area contributed by atoms with Crippen molar-refractivity contribution in [3.8, 4) is 0 Å². The van der Waals surface area contributed by atoms with E-state index < -0.39 is 5.97 Å². The number of carboxylic acids is 1. The summed E-state index contributed by atoms with van der Waals surface area (Å²) in [6, 6.07) is 0. The fourth-order valence-electron chi connectivity index (χ4n) is 2.02. The highest BCUT2D eigenvalue weighted by Crippen LogP contribution is 2.25. The van der Waals surface area contributed by atoms with Gasteiger partial charge < -0.3 is 10.4 Å². The average Bonchev–Trinajstić information content (AvgIpc) is 2.50. The van der Waals surface area contributed by atoms with Crippen LogP contribution in [0.15, 0.2) is 0 Å². The van der Waals surface area contributed by atoms with E-state index >= 15 is 0 Å². The Hall–Kier alpha value is -0.570. The molecule has 1 aliphatic heterocycles. The van der Waals surface area contributed by atoms with Gasteiger partial charge in [0.1, 0.15) is 0 Å². The lowest BCUT2D eigenvalue weighted by Crippen LogP contribution is -2.26. The second-order valence-electron chi connectivity index (χ2n) is 4.33. The highest BCUT2D eigenvalue weighted by atomic mass is 16.4. The minimum absolute atomic E-state index is 0.144. The van der Waals surface area contributed by atoms with Gasteiger partial charge in [-0.15, -0.1) is 0 Å². The lowest BCUT2D eigenvalue weighted by Gasteiger charge is -2.20. The van der Waals surface area contributed by atoms with Crippen LogP contribution in [0.25, 0.3) is 0 Å². The predicted octanol–water partition coefficient (Wildman–Crippen LogP) is 1.34. The third kappa shape index (κ3) is 2.99. The molecule has 1 heterocycles. The first-order valence-corrected chi connectivity index (χ1v) is 5.04. The number of hydrogen-bond acceptors (Lipinski definition) is 2. The maximum atomic E-state index is 11.0. The van der Waals surface area contributed by atoms with Crippen LogP contribution >= 0.6 is 0 Å². The van der Waals surface area contributed by atoms with Crippen LogP contribution < -0.4 is 5.32 Å². The van der Waals surface area contributed by atoms with E-state index in [1.807, 2.05) is 0 Å². The third-order valence-corrected chi connectivity index (χ3v) is 2.71. The van der Waals surface area contributed by atoms with Crippen LogP contribution in [0.5, 0.6) is 0 Å². The zero-order valence-corrected chi connectivity index (χ0v) is 8.42. The number of aliphatic carboxylic acids is 1. The summed E-state index contributed by atoms with van der Waals surface area (Å²) in [6.07, 6.45) is 1.82. The van der Waals surface area contributed by atoms with E-state index in [0.717, 1.165) is 25.9 Å². The van der Waals surface area contributed by atoms with Gasteiger partial charge in [0.05, 0.1) is 5.92 Å². The Morgan fingerprint density at radius 2 is 2.31 bits per heavy atom.